The van der Waals surface area contributed by atoms with Crippen molar-refractivity contribution in [2.45, 2.75) is 19.9 Å². The number of carbonyl (C=O) groups is 1. The number of aryl methyl sites for hydroxylation is 2. The lowest BCUT2D eigenvalue weighted by atomic mass is 10.2. The summed E-state index contributed by atoms with van der Waals surface area (Å²) < 4.78 is 11.9. The highest BCUT2D eigenvalue weighted by atomic mass is 16.5. The number of aromatic nitrogens is 1. The summed E-state index contributed by atoms with van der Waals surface area (Å²) in [5.74, 6) is -1.20. The van der Waals surface area contributed by atoms with Crippen LogP contribution in [0.1, 0.15) is 22.5 Å². The number of pyridine rings is 1. The van der Waals surface area contributed by atoms with Gasteiger partial charge in [0.25, 0.3) is 0 Å². The van der Waals surface area contributed by atoms with Crippen LogP contribution in [-0.4, -0.2) is 42.6 Å². The lowest BCUT2D eigenvalue weighted by Gasteiger charge is -2.11. The summed E-state index contributed by atoms with van der Waals surface area (Å²) in [6, 6.07) is 1.34. The molecule has 0 saturated heterocycles. The molecule has 0 aliphatic carbocycles. The highest BCUT2D eigenvalue weighted by Crippen LogP contribution is 2.01. The fourth-order valence-corrected chi connectivity index (χ4v) is 1.65. The maximum absolute atomic E-state index is 11.4. The number of methoxy groups -OCH3 is 1. The van der Waals surface area contributed by atoms with Crippen LogP contribution in [0.3, 0.4) is 0 Å². The van der Waals surface area contributed by atoms with Crippen LogP contribution in [0.2, 0.25) is 0 Å². The first-order valence-electron chi connectivity index (χ1n) is 6.07. The first-order chi connectivity index (χ1) is 9.06. The summed E-state index contributed by atoms with van der Waals surface area (Å²) in [6.07, 6.45) is 2.13. The molecule has 0 aliphatic rings. The summed E-state index contributed by atoms with van der Waals surface area (Å²) in [4.78, 5) is 22.3. The molecular formula is C13H19NO5. The van der Waals surface area contributed by atoms with Gasteiger partial charge in [0.15, 0.2) is 5.43 Å². The molecule has 1 aromatic rings. The van der Waals surface area contributed by atoms with Gasteiger partial charge in [0.1, 0.15) is 5.56 Å². The predicted molar refractivity (Wildman–Crippen MR) is 69.7 cm³/mol. The van der Waals surface area contributed by atoms with Gasteiger partial charge < -0.3 is 19.1 Å². The van der Waals surface area contributed by atoms with Crippen LogP contribution >= 0.6 is 0 Å². The molecule has 0 aliphatic heterocycles. The van der Waals surface area contributed by atoms with Crippen molar-refractivity contribution < 1.29 is 19.4 Å². The number of hydrogen-bond acceptors (Lipinski definition) is 4. The van der Waals surface area contributed by atoms with Crippen molar-refractivity contribution in [2.75, 3.05) is 26.9 Å². The van der Waals surface area contributed by atoms with E-state index in [2.05, 4.69) is 0 Å². The number of hydrogen-bond donors (Lipinski definition) is 1. The summed E-state index contributed by atoms with van der Waals surface area (Å²) in [7, 11) is 1.61. The molecule has 6 heteroatoms. The molecule has 1 aromatic heterocycles. The van der Waals surface area contributed by atoms with Crippen molar-refractivity contribution in [1.82, 2.24) is 4.57 Å². The third-order valence-electron chi connectivity index (χ3n) is 2.69. The van der Waals surface area contributed by atoms with E-state index in [4.69, 9.17) is 14.6 Å². The topological polar surface area (TPSA) is 77.8 Å². The average Bonchev–Trinajstić information content (AvgIpc) is 2.35. The fraction of sp³-hybridized carbons (Fsp3) is 0.538. The number of carboxylic acid groups (broad SMARTS) is 1. The van der Waals surface area contributed by atoms with Crippen molar-refractivity contribution in [3.8, 4) is 0 Å². The molecule has 0 amide bonds. The first kappa shape index (κ1) is 15.4. The molecule has 6 nitrogen and oxygen atoms in total. The number of aromatic carboxylic acids is 1. The molecule has 1 heterocycles. The molecule has 0 aromatic carbocycles. The molecule has 0 fully saturated rings. The highest BCUT2D eigenvalue weighted by molar-refractivity contribution is 5.87. The maximum atomic E-state index is 11.4. The number of carboxylic acids is 1. The average molecular weight is 269 g/mol. The summed E-state index contributed by atoms with van der Waals surface area (Å²) >= 11 is 0. The Balaban J connectivity index is 2.56. The van der Waals surface area contributed by atoms with E-state index in [0.717, 1.165) is 12.1 Å². The second-order valence-corrected chi connectivity index (χ2v) is 4.15. The standard InChI is InChI=1S/C13H19NO5/c1-10-8-12(15)11(13(16)17)9-14(10)4-3-5-19-7-6-18-2/h8-9H,3-7H2,1-2H3,(H,16,17). The van der Waals surface area contributed by atoms with Crippen LogP contribution in [0.4, 0.5) is 0 Å². The first-order valence-corrected chi connectivity index (χ1v) is 6.07. The van der Waals surface area contributed by atoms with Gasteiger partial charge >= 0.3 is 5.97 Å². The minimum absolute atomic E-state index is 0.203. The fourth-order valence-electron chi connectivity index (χ4n) is 1.65. The second kappa shape index (κ2) is 7.70. The Morgan fingerprint density at radius 1 is 1.37 bits per heavy atom. The van der Waals surface area contributed by atoms with E-state index in [9.17, 15) is 9.59 Å². The Hall–Kier alpha value is -1.66. The Labute approximate surface area is 111 Å². The van der Waals surface area contributed by atoms with Gasteiger partial charge in [-0.3, -0.25) is 4.79 Å². The van der Waals surface area contributed by atoms with E-state index in [-0.39, 0.29) is 5.56 Å². The number of ether oxygens (including phenoxy) is 2. The van der Waals surface area contributed by atoms with Gasteiger partial charge in [-0.15, -0.1) is 0 Å². The van der Waals surface area contributed by atoms with Gasteiger partial charge in [0, 0.05) is 38.2 Å². The SMILES string of the molecule is COCCOCCCn1cc(C(=O)O)c(=O)cc1C. The molecule has 19 heavy (non-hydrogen) atoms. The van der Waals surface area contributed by atoms with E-state index in [0.29, 0.717) is 26.4 Å². The van der Waals surface area contributed by atoms with Crippen LogP contribution in [0.5, 0.6) is 0 Å². The quantitative estimate of drug-likeness (QED) is 0.710. The molecular weight excluding hydrogens is 250 g/mol. The van der Waals surface area contributed by atoms with Gasteiger partial charge in [-0.25, -0.2) is 4.79 Å². The van der Waals surface area contributed by atoms with Gasteiger partial charge in [0.05, 0.1) is 13.2 Å². The van der Waals surface area contributed by atoms with Gasteiger partial charge in [-0.05, 0) is 13.3 Å². The lowest BCUT2D eigenvalue weighted by Crippen LogP contribution is -2.19. The Morgan fingerprint density at radius 3 is 2.74 bits per heavy atom. The molecule has 0 radical (unpaired) electrons. The summed E-state index contributed by atoms with van der Waals surface area (Å²) in [5.41, 5.74) is 0.0791. The minimum Gasteiger partial charge on any atom is -0.477 e. The predicted octanol–water partition coefficient (Wildman–Crippen LogP) is 0.908. The monoisotopic (exact) mass is 269 g/mol. The lowest BCUT2D eigenvalue weighted by molar-refractivity contribution is 0.0677. The Kier molecular flexibility index (Phi) is 6.24. The van der Waals surface area contributed by atoms with Crippen molar-refractivity contribution in [2.24, 2.45) is 0 Å². The molecule has 1 rings (SSSR count). The van der Waals surface area contributed by atoms with Gasteiger partial charge in [-0.1, -0.05) is 0 Å². The number of nitrogens with zero attached hydrogens (tertiary/aromatic N) is 1. The zero-order valence-corrected chi connectivity index (χ0v) is 11.2. The molecule has 0 bridgehead atoms. The van der Waals surface area contributed by atoms with Crippen molar-refractivity contribution in [1.29, 1.82) is 0 Å². The van der Waals surface area contributed by atoms with Gasteiger partial charge in [-0.2, -0.15) is 0 Å². The zero-order chi connectivity index (χ0) is 14.3. The van der Waals surface area contributed by atoms with E-state index < -0.39 is 11.4 Å². The van der Waals surface area contributed by atoms with Crippen LogP contribution in [-0.2, 0) is 16.0 Å². The minimum atomic E-state index is -1.20. The molecule has 0 saturated carbocycles. The van der Waals surface area contributed by atoms with E-state index in [1.165, 1.54) is 12.3 Å². The maximum Gasteiger partial charge on any atom is 0.341 e. The van der Waals surface area contributed by atoms with Crippen molar-refractivity contribution in [3.63, 3.8) is 0 Å². The largest absolute Gasteiger partial charge is 0.477 e. The van der Waals surface area contributed by atoms with E-state index in [1.54, 1.807) is 18.6 Å². The van der Waals surface area contributed by atoms with Crippen LogP contribution in [0, 0.1) is 6.92 Å². The van der Waals surface area contributed by atoms with Crippen LogP contribution in [0.15, 0.2) is 17.1 Å². The highest BCUT2D eigenvalue weighted by Gasteiger charge is 2.10. The second-order valence-electron chi connectivity index (χ2n) is 4.15. The Bertz CT molecular complexity index is 480. The molecule has 0 atom stereocenters. The third kappa shape index (κ3) is 4.84. The molecule has 1 N–H and O–H groups in total. The van der Waals surface area contributed by atoms with Gasteiger partial charge in [0.2, 0.25) is 0 Å². The van der Waals surface area contributed by atoms with E-state index in [1.807, 2.05) is 0 Å². The van der Waals surface area contributed by atoms with Crippen molar-refractivity contribution >= 4 is 5.97 Å². The summed E-state index contributed by atoms with van der Waals surface area (Å²) in [6.45, 7) is 4.05. The summed E-state index contributed by atoms with van der Waals surface area (Å²) in [5, 5.41) is 8.90. The van der Waals surface area contributed by atoms with Crippen LogP contribution in [0.25, 0.3) is 0 Å². The van der Waals surface area contributed by atoms with Crippen molar-refractivity contribution in [3.05, 3.63) is 33.7 Å². The Morgan fingerprint density at radius 2 is 2.11 bits per heavy atom. The molecule has 0 spiro atoms. The molecule has 106 valence electrons. The third-order valence-corrected chi connectivity index (χ3v) is 2.69. The van der Waals surface area contributed by atoms with E-state index >= 15 is 0 Å². The smallest absolute Gasteiger partial charge is 0.341 e. The van der Waals surface area contributed by atoms with Crippen LogP contribution < -0.4 is 5.43 Å². The zero-order valence-electron chi connectivity index (χ0n) is 11.2. The normalized spacial score (nSPS) is 10.6. The number of rotatable bonds is 8. The molecule has 0 unspecified atom stereocenters.